The molecule has 0 fully saturated rings. The summed E-state index contributed by atoms with van der Waals surface area (Å²) in [6, 6.07) is 1.91. The summed E-state index contributed by atoms with van der Waals surface area (Å²) in [5, 5.41) is 1.07. The molecule has 10 heavy (non-hydrogen) atoms. The van der Waals surface area contributed by atoms with Crippen LogP contribution in [0.15, 0.2) is 29.1 Å². The van der Waals surface area contributed by atoms with Crippen molar-refractivity contribution in [3.63, 3.8) is 0 Å². The minimum atomic E-state index is 0.940. The normalized spacial score (nSPS) is 10.5. The van der Waals surface area contributed by atoms with Gasteiger partial charge in [-0.25, -0.2) is 0 Å². The van der Waals surface area contributed by atoms with E-state index >= 15 is 0 Å². The zero-order valence-electron chi connectivity index (χ0n) is 5.66. The summed E-state index contributed by atoms with van der Waals surface area (Å²) in [5.74, 6) is 0. The predicted octanol–water partition coefficient (Wildman–Crippen LogP) is 2.14. The van der Waals surface area contributed by atoms with Crippen LogP contribution in [0.25, 0.3) is 11.0 Å². The molecule has 0 unspecified atom stereocenters. The third kappa shape index (κ3) is 0.620. The highest BCUT2D eigenvalue weighted by molar-refractivity contribution is 5.78. The van der Waals surface area contributed by atoms with E-state index < -0.39 is 0 Å². The average molecular weight is 133 g/mol. The van der Waals surface area contributed by atoms with Gasteiger partial charge in [0.25, 0.3) is 0 Å². The summed E-state index contributed by atoms with van der Waals surface area (Å²) in [7, 11) is 0. The van der Waals surface area contributed by atoms with Crippen molar-refractivity contribution < 1.29 is 4.42 Å². The third-order valence-corrected chi connectivity index (χ3v) is 1.54. The zero-order valence-corrected chi connectivity index (χ0v) is 5.66. The largest absolute Gasteiger partial charge is 0.464 e. The lowest BCUT2D eigenvalue weighted by Gasteiger charge is -1.89. The van der Waals surface area contributed by atoms with Crippen molar-refractivity contribution in [2.45, 2.75) is 6.92 Å². The predicted molar refractivity (Wildman–Crippen MR) is 38.7 cm³/mol. The fourth-order valence-corrected chi connectivity index (χ4v) is 1.03. The lowest BCUT2D eigenvalue weighted by molar-refractivity contribution is 0.613. The van der Waals surface area contributed by atoms with Gasteiger partial charge in [-0.3, -0.25) is 4.98 Å². The van der Waals surface area contributed by atoms with E-state index in [0.717, 1.165) is 16.5 Å². The standard InChI is InChI=1S/C8H7NO/c1-6-4-9-5-7-2-3-10-8(6)7/h2-5H,1H3. The summed E-state index contributed by atoms with van der Waals surface area (Å²) < 4.78 is 5.21. The Kier molecular flexibility index (Phi) is 1.01. The molecule has 2 aromatic heterocycles. The van der Waals surface area contributed by atoms with Crippen LogP contribution in [0.4, 0.5) is 0 Å². The number of hydrogen-bond acceptors (Lipinski definition) is 2. The molecule has 2 nitrogen and oxygen atoms in total. The van der Waals surface area contributed by atoms with Gasteiger partial charge < -0.3 is 4.42 Å². The number of rotatable bonds is 0. The van der Waals surface area contributed by atoms with E-state index in [1.165, 1.54) is 0 Å². The van der Waals surface area contributed by atoms with Crippen molar-refractivity contribution in [3.8, 4) is 0 Å². The number of pyridine rings is 1. The van der Waals surface area contributed by atoms with Gasteiger partial charge >= 0.3 is 0 Å². The molecule has 0 saturated carbocycles. The van der Waals surface area contributed by atoms with Gasteiger partial charge in [0.05, 0.1) is 6.26 Å². The molecule has 2 aromatic rings. The van der Waals surface area contributed by atoms with Crippen LogP contribution in [0.5, 0.6) is 0 Å². The van der Waals surface area contributed by atoms with Crippen LogP contribution in [-0.4, -0.2) is 4.98 Å². The van der Waals surface area contributed by atoms with Crippen LogP contribution in [0.3, 0.4) is 0 Å². The number of aryl methyl sites for hydroxylation is 1. The van der Waals surface area contributed by atoms with Crippen molar-refractivity contribution in [1.29, 1.82) is 0 Å². The molecule has 0 atom stereocenters. The monoisotopic (exact) mass is 133 g/mol. The summed E-state index contributed by atoms with van der Waals surface area (Å²) in [6.45, 7) is 1.98. The smallest absolute Gasteiger partial charge is 0.139 e. The lowest BCUT2D eigenvalue weighted by atomic mass is 10.2. The molecule has 2 heterocycles. The van der Waals surface area contributed by atoms with Crippen LogP contribution in [0.2, 0.25) is 0 Å². The molecule has 0 radical (unpaired) electrons. The second kappa shape index (κ2) is 1.84. The summed E-state index contributed by atoms with van der Waals surface area (Å²) in [6.07, 6.45) is 5.27. The van der Waals surface area contributed by atoms with Gasteiger partial charge in [0, 0.05) is 23.3 Å². The number of aromatic nitrogens is 1. The number of nitrogens with zero attached hydrogens (tertiary/aromatic N) is 1. The van der Waals surface area contributed by atoms with Crippen molar-refractivity contribution in [3.05, 3.63) is 30.3 Å². The summed E-state index contributed by atoms with van der Waals surface area (Å²) in [4.78, 5) is 4.02. The first-order chi connectivity index (χ1) is 4.88. The van der Waals surface area contributed by atoms with Crippen molar-refractivity contribution >= 4 is 11.0 Å². The minimum absolute atomic E-state index is 0.940. The lowest BCUT2D eigenvalue weighted by Crippen LogP contribution is -1.74. The fraction of sp³-hybridized carbons (Fsp3) is 0.125. The topological polar surface area (TPSA) is 26.0 Å². The fourth-order valence-electron chi connectivity index (χ4n) is 1.03. The number of furan rings is 1. The van der Waals surface area contributed by atoms with Crippen molar-refractivity contribution in [2.75, 3.05) is 0 Å². The first-order valence-corrected chi connectivity index (χ1v) is 3.16. The minimum Gasteiger partial charge on any atom is -0.464 e. The maximum absolute atomic E-state index is 5.21. The molecule has 0 N–H and O–H groups in total. The summed E-state index contributed by atoms with van der Waals surface area (Å²) in [5.41, 5.74) is 2.03. The molecule has 0 spiro atoms. The van der Waals surface area contributed by atoms with E-state index in [1.54, 1.807) is 18.7 Å². The highest BCUT2D eigenvalue weighted by atomic mass is 16.3. The van der Waals surface area contributed by atoms with E-state index in [9.17, 15) is 0 Å². The molecular formula is C8H7NO. The van der Waals surface area contributed by atoms with Crippen LogP contribution >= 0.6 is 0 Å². The Labute approximate surface area is 58.5 Å². The van der Waals surface area contributed by atoms with Gasteiger partial charge in [0.15, 0.2) is 0 Å². The van der Waals surface area contributed by atoms with Crippen LogP contribution in [-0.2, 0) is 0 Å². The molecule has 0 aliphatic rings. The zero-order chi connectivity index (χ0) is 6.97. The van der Waals surface area contributed by atoms with E-state index in [0.29, 0.717) is 0 Å². The van der Waals surface area contributed by atoms with Crippen LogP contribution < -0.4 is 0 Å². The molecular weight excluding hydrogens is 126 g/mol. The van der Waals surface area contributed by atoms with Crippen molar-refractivity contribution in [1.82, 2.24) is 4.98 Å². The van der Waals surface area contributed by atoms with Crippen LogP contribution in [0, 0.1) is 6.92 Å². The SMILES string of the molecule is Cc1cncc2ccoc12. The van der Waals surface area contributed by atoms with Gasteiger partial charge in [-0.05, 0) is 13.0 Å². The third-order valence-electron chi connectivity index (χ3n) is 1.54. The highest BCUT2D eigenvalue weighted by Gasteiger charge is 1.97. The molecule has 0 bridgehead atoms. The second-order valence-electron chi connectivity index (χ2n) is 2.30. The first-order valence-electron chi connectivity index (χ1n) is 3.16. The van der Waals surface area contributed by atoms with Gasteiger partial charge in [0.2, 0.25) is 0 Å². The Morgan fingerprint density at radius 1 is 1.40 bits per heavy atom. The van der Waals surface area contributed by atoms with E-state index in [-0.39, 0.29) is 0 Å². The Bertz CT molecular complexity index is 351. The molecule has 0 aliphatic heterocycles. The average Bonchev–Trinajstić information content (AvgIpc) is 2.36. The van der Waals surface area contributed by atoms with E-state index in [2.05, 4.69) is 4.98 Å². The maximum atomic E-state index is 5.21. The van der Waals surface area contributed by atoms with Gasteiger partial charge in [-0.2, -0.15) is 0 Å². The van der Waals surface area contributed by atoms with E-state index in [1.807, 2.05) is 13.0 Å². The molecule has 0 saturated heterocycles. The molecule has 0 amide bonds. The van der Waals surface area contributed by atoms with E-state index in [4.69, 9.17) is 4.42 Å². The van der Waals surface area contributed by atoms with Crippen molar-refractivity contribution in [2.24, 2.45) is 0 Å². The molecule has 50 valence electrons. The maximum Gasteiger partial charge on any atom is 0.139 e. The van der Waals surface area contributed by atoms with Crippen LogP contribution in [0.1, 0.15) is 5.56 Å². The molecule has 0 aromatic carbocycles. The number of hydrogen-bond donors (Lipinski definition) is 0. The number of fused-ring (bicyclic) bond motifs is 1. The molecule has 2 heteroatoms. The molecule has 2 rings (SSSR count). The van der Waals surface area contributed by atoms with Gasteiger partial charge in [0.1, 0.15) is 5.58 Å². The first kappa shape index (κ1) is 5.47. The Morgan fingerprint density at radius 3 is 3.10 bits per heavy atom. The van der Waals surface area contributed by atoms with Gasteiger partial charge in [-0.1, -0.05) is 0 Å². The van der Waals surface area contributed by atoms with Gasteiger partial charge in [-0.15, -0.1) is 0 Å². The quantitative estimate of drug-likeness (QED) is 0.550. The Morgan fingerprint density at radius 2 is 2.30 bits per heavy atom. The molecule has 0 aliphatic carbocycles. The summed E-state index contributed by atoms with van der Waals surface area (Å²) >= 11 is 0. The highest BCUT2D eigenvalue weighted by Crippen LogP contribution is 2.16. The Balaban J connectivity index is 2.95. The second-order valence-corrected chi connectivity index (χ2v) is 2.30. The Hall–Kier alpha value is -1.31.